The topological polar surface area (TPSA) is 35.5 Å². The number of hydrogen-bond acceptors (Lipinski definition) is 4. The van der Waals surface area contributed by atoms with Gasteiger partial charge in [-0.15, -0.1) is 0 Å². The highest BCUT2D eigenvalue weighted by Crippen LogP contribution is 2.28. The zero-order chi connectivity index (χ0) is 13.7. The molecule has 0 radical (unpaired) electrons. The van der Waals surface area contributed by atoms with Crippen LogP contribution < -0.4 is 10.2 Å². The molecule has 108 valence electrons. The summed E-state index contributed by atoms with van der Waals surface area (Å²) in [5, 5.41) is 16.9. The summed E-state index contributed by atoms with van der Waals surface area (Å²) in [4.78, 5) is 2.52. The first kappa shape index (κ1) is 14.8. The molecule has 2 N–H and O–H groups in total. The van der Waals surface area contributed by atoms with Crippen LogP contribution in [0.3, 0.4) is 0 Å². The van der Waals surface area contributed by atoms with E-state index in [-0.39, 0.29) is 6.61 Å². The Hall–Kier alpha value is -0.580. The van der Waals surface area contributed by atoms with Crippen LogP contribution in [-0.2, 0) is 0 Å². The maximum Gasteiger partial charge on any atom is 0.0475 e. The van der Waals surface area contributed by atoms with Crippen molar-refractivity contribution in [3.63, 3.8) is 0 Å². The van der Waals surface area contributed by atoms with E-state index < -0.39 is 0 Å². The molecule has 0 aromatic carbocycles. The molecule has 0 saturated carbocycles. The van der Waals surface area contributed by atoms with Crippen molar-refractivity contribution in [2.45, 2.75) is 32.7 Å². The van der Waals surface area contributed by atoms with E-state index in [4.69, 9.17) is 5.11 Å². The number of piperidine rings is 1. The molecule has 1 aromatic rings. The minimum absolute atomic E-state index is 0.279. The third kappa shape index (κ3) is 4.20. The molecular weight excluding hydrogens is 256 g/mol. The predicted octanol–water partition coefficient (Wildman–Crippen LogP) is 2.57. The summed E-state index contributed by atoms with van der Waals surface area (Å²) >= 11 is 1.77. The SMILES string of the molecule is CC(C)C1CC(NCCCO)CN(c2ccsc2)C1. The van der Waals surface area contributed by atoms with Gasteiger partial charge in [0.15, 0.2) is 0 Å². The van der Waals surface area contributed by atoms with Gasteiger partial charge in [-0.2, -0.15) is 11.3 Å². The highest BCUT2D eigenvalue weighted by Gasteiger charge is 2.28. The summed E-state index contributed by atoms with van der Waals surface area (Å²) in [7, 11) is 0. The fourth-order valence-corrected chi connectivity index (χ4v) is 3.47. The van der Waals surface area contributed by atoms with Crippen LogP contribution in [0.25, 0.3) is 0 Å². The highest BCUT2D eigenvalue weighted by atomic mass is 32.1. The molecule has 1 saturated heterocycles. The molecule has 0 bridgehead atoms. The quantitative estimate of drug-likeness (QED) is 0.787. The first-order valence-electron chi connectivity index (χ1n) is 7.32. The molecule has 0 amide bonds. The van der Waals surface area contributed by atoms with E-state index >= 15 is 0 Å². The smallest absolute Gasteiger partial charge is 0.0475 e. The Kier molecular flexibility index (Phi) is 5.67. The van der Waals surface area contributed by atoms with Gasteiger partial charge in [0.2, 0.25) is 0 Å². The molecule has 0 spiro atoms. The summed E-state index contributed by atoms with van der Waals surface area (Å²) in [5.74, 6) is 1.48. The van der Waals surface area contributed by atoms with Gasteiger partial charge in [0.25, 0.3) is 0 Å². The second-order valence-electron chi connectivity index (χ2n) is 5.85. The number of aliphatic hydroxyl groups excluding tert-OH is 1. The average Bonchev–Trinajstić information content (AvgIpc) is 2.92. The van der Waals surface area contributed by atoms with Crippen molar-refractivity contribution in [1.29, 1.82) is 0 Å². The van der Waals surface area contributed by atoms with Crippen molar-refractivity contribution < 1.29 is 5.11 Å². The second kappa shape index (κ2) is 7.27. The van der Waals surface area contributed by atoms with Crippen LogP contribution >= 0.6 is 11.3 Å². The maximum atomic E-state index is 8.89. The first-order valence-corrected chi connectivity index (χ1v) is 8.26. The van der Waals surface area contributed by atoms with Crippen LogP contribution in [0.4, 0.5) is 5.69 Å². The standard InChI is InChI=1S/C15H26N2OS/c1-12(2)13-8-14(16-5-3-6-18)10-17(9-13)15-4-7-19-11-15/h4,7,11-14,16,18H,3,5-6,8-10H2,1-2H3. The predicted molar refractivity (Wildman–Crippen MR) is 83.0 cm³/mol. The lowest BCUT2D eigenvalue weighted by atomic mass is 9.85. The van der Waals surface area contributed by atoms with Gasteiger partial charge in [0.05, 0.1) is 0 Å². The van der Waals surface area contributed by atoms with E-state index in [0.717, 1.165) is 31.3 Å². The number of aliphatic hydroxyl groups is 1. The normalized spacial score (nSPS) is 24.1. The Morgan fingerprint density at radius 3 is 2.95 bits per heavy atom. The minimum atomic E-state index is 0.279. The van der Waals surface area contributed by atoms with Gasteiger partial charge < -0.3 is 15.3 Å². The van der Waals surface area contributed by atoms with Crippen LogP contribution in [0, 0.1) is 11.8 Å². The van der Waals surface area contributed by atoms with Crippen LogP contribution in [0.5, 0.6) is 0 Å². The van der Waals surface area contributed by atoms with Gasteiger partial charge in [-0.25, -0.2) is 0 Å². The van der Waals surface area contributed by atoms with Gasteiger partial charge in [-0.3, -0.25) is 0 Å². The Labute approximate surface area is 120 Å². The highest BCUT2D eigenvalue weighted by molar-refractivity contribution is 7.08. The molecule has 2 heterocycles. The lowest BCUT2D eigenvalue weighted by Crippen LogP contribution is -2.50. The van der Waals surface area contributed by atoms with Gasteiger partial charge in [-0.05, 0) is 42.7 Å². The van der Waals surface area contributed by atoms with E-state index in [1.807, 2.05) is 0 Å². The Morgan fingerprint density at radius 1 is 1.47 bits per heavy atom. The van der Waals surface area contributed by atoms with Crippen molar-refractivity contribution in [3.8, 4) is 0 Å². The zero-order valence-electron chi connectivity index (χ0n) is 12.0. The molecule has 1 aromatic heterocycles. The molecular formula is C15H26N2OS. The van der Waals surface area contributed by atoms with E-state index in [2.05, 4.69) is 40.9 Å². The van der Waals surface area contributed by atoms with E-state index in [1.54, 1.807) is 11.3 Å². The van der Waals surface area contributed by atoms with Crippen LogP contribution in [0.2, 0.25) is 0 Å². The Morgan fingerprint density at radius 2 is 2.32 bits per heavy atom. The molecule has 1 aliphatic rings. The number of thiophene rings is 1. The second-order valence-corrected chi connectivity index (χ2v) is 6.63. The summed E-state index contributed by atoms with van der Waals surface area (Å²) in [6.07, 6.45) is 2.10. The fourth-order valence-electron chi connectivity index (χ4n) is 2.80. The molecule has 0 aliphatic carbocycles. The molecule has 3 nitrogen and oxygen atoms in total. The number of hydrogen-bond donors (Lipinski definition) is 2. The Balaban J connectivity index is 1.96. The average molecular weight is 282 g/mol. The van der Waals surface area contributed by atoms with Crippen molar-refractivity contribution in [3.05, 3.63) is 16.8 Å². The Bertz CT molecular complexity index is 353. The van der Waals surface area contributed by atoms with Gasteiger partial charge >= 0.3 is 0 Å². The third-order valence-corrected chi connectivity index (χ3v) is 4.74. The first-order chi connectivity index (χ1) is 9.20. The largest absolute Gasteiger partial charge is 0.396 e. The van der Waals surface area contributed by atoms with Crippen LogP contribution in [0.1, 0.15) is 26.7 Å². The van der Waals surface area contributed by atoms with Crippen molar-refractivity contribution >= 4 is 17.0 Å². The van der Waals surface area contributed by atoms with Gasteiger partial charge in [0, 0.05) is 36.8 Å². The van der Waals surface area contributed by atoms with Crippen molar-refractivity contribution in [2.24, 2.45) is 11.8 Å². The maximum absolute atomic E-state index is 8.89. The minimum Gasteiger partial charge on any atom is -0.396 e. The third-order valence-electron chi connectivity index (χ3n) is 4.06. The molecule has 2 atom stereocenters. The fraction of sp³-hybridized carbons (Fsp3) is 0.733. The number of anilines is 1. The molecule has 2 unspecified atom stereocenters. The van der Waals surface area contributed by atoms with E-state index in [1.165, 1.54) is 18.7 Å². The summed E-state index contributed by atoms with van der Waals surface area (Å²) in [6.45, 7) is 8.11. The van der Waals surface area contributed by atoms with Gasteiger partial charge in [0.1, 0.15) is 0 Å². The molecule has 4 heteroatoms. The molecule has 2 rings (SSSR count). The van der Waals surface area contributed by atoms with Crippen LogP contribution in [0.15, 0.2) is 16.8 Å². The molecule has 1 fully saturated rings. The lowest BCUT2D eigenvalue weighted by molar-refractivity contribution is 0.256. The molecule has 1 aliphatic heterocycles. The van der Waals surface area contributed by atoms with Crippen molar-refractivity contribution in [2.75, 3.05) is 31.1 Å². The van der Waals surface area contributed by atoms with Crippen LogP contribution in [-0.4, -0.2) is 37.4 Å². The monoisotopic (exact) mass is 282 g/mol. The number of rotatable bonds is 6. The van der Waals surface area contributed by atoms with E-state index in [0.29, 0.717) is 6.04 Å². The number of nitrogens with zero attached hydrogens (tertiary/aromatic N) is 1. The van der Waals surface area contributed by atoms with Crippen molar-refractivity contribution in [1.82, 2.24) is 5.32 Å². The lowest BCUT2D eigenvalue weighted by Gasteiger charge is -2.40. The zero-order valence-corrected chi connectivity index (χ0v) is 12.8. The summed E-state index contributed by atoms with van der Waals surface area (Å²) in [6, 6.07) is 2.77. The number of nitrogens with one attached hydrogen (secondary N) is 1. The summed E-state index contributed by atoms with van der Waals surface area (Å²) in [5.41, 5.74) is 1.37. The summed E-state index contributed by atoms with van der Waals surface area (Å²) < 4.78 is 0. The molecule has 19 heavy (non-hydrogen) atoms. The van der Waals surface area contributed by atoms with Gasteiger partial charge in [-0.1, -0.05) is 13.8 Å². The van der Waals surface area contributed by atoms with E-state index in [9.17, 15) is 0 Å².